The second kappa shape index (κ2) is 5.41. The Morgan fingerprint density at radius 3 is 1.26 bits per heavy atom. The van der Waals surface area contributed by atoms with Gasteiger partial charge in [0, 0.05) is 0 Å². The third kappa shape index (κ3) is 1.77. The minimum atomic E-state index is -1.46. The van der Waals surface area contributed by atoms with E-state index in [-0.39, 0.29) is 0 Å². The Bertz CT molecular complexity index is 941. The third-order valence-electron chi connectivity index (χ3n) is 5.48. The lowest BCUT2D eigenvalue weighted by molar-refractivity contribution is 0.112. The Morgan fingerprint density at radius 2 is 0.963 bits per heavy atom. The van der Waals surface area contributed by atoms with Crippen LogP contribution in [0, 0.1) is 0 Å². The summed E-state index contributed by atoms with van der Waals surface area (Å²) in [6.45, 7) is 0. The molecule has 3 aliphatic rings. The summed E-state index contributed by atoms with van der Waals surface area (Å²) >= 11 is 0. The lowest BCUT2D eigenvalue weighted by Gasteiger charge is -2.50. The lowest BCUT2D eigenvalue weighted by Crippen LogP contribution is -2.43. The van der Waals surface area contributed by atoms with Gasteiger partial charge in [0.05, 0.1) is 55.1 Å². The van der Waals surface area contributed by atoms with Crippen molar-refractivity contribution < 1.29 is 19.3 Å². The van der Waals surface area contributed by atoms with Gasteiger partial charge in [-0.05, 0) is 36.4 Å². The van der Waals surface area contributed by atoms with E-state index < -0.39 is 5.60 Å². The third-order valence-corrected chi connectivity index (χ3v) is 5.48. The zero-order valence-electron chi connectivity index (χ0n) is 15.3. The van der Waals surface area contributed by atoms with E-state index in [1.807, 2.05) is 54.6 Å². The zero-order valence-corrected chi connectivity index (χ0v) is 15.3. The van der Waals surface area contributed by atoms with Gasteiger partial charge in [-0.3, -0.25) is 0 Å². The molecular formula is C22H19NO4. The zero-order chi connectivity index (χ0) is 18.8. The van der Waals surface area contributed by atoms with Crippen LogP contribution in [0.15, 0.2) is 54.6 Å². The SMILES string of the molecule is COc1cccc2c1C1(O)c3c(OC)cccc3N2c2cccc(OC)c21. The summed E-state index contributed by atoms with van der Waals surface area (Å²) in [5.41, 5.74) is 3.29. The largest absolute Gasteiger partial charge is 0.496 e. The molecule has 0 unspecified atom stereocenters. The minimum Gasteiger partial charge on any atom is -0.496 e. The highest BCUT2D eigenvalue weighted by Gasteiger charge is 2.55. The Morgan fingerprint density at radius 1 is 0.630 bits per heavy atom. The second-order valence-corrected chi connectivity index (χ2v) is 6.61. The number of anilines is 3. The standard InChI is InChI=1S/C22H19NO4/c1-25-16-10-4-7-13-19(16)22(24)20-14(8-5-11-17(20)26-2)23(13)15-9-6-12-18(27-3)21(15)22/h4-12,24H,1-3H3. The topological polar surface area (TPSA) is 51.2 Å². The maximum atomic E-state index is 12.3. The van der Waals surface area contributed by atoms with Gasteiger partial charge in [-0.25, -0.2) is 0 Å². The summed E-state index contributed by atoms with van der Waals surface area (Å²) in [4.78, 5) is 2.13. The highest BCUT2D eigenvalue weighted by Crippen LogP contribution is 2.65. The number of aliphatic hydroxyl groups is 1. The van der Waals surface area contributed by atoms with E-state index in [9.17, 15) is 5.11 Å². The highest BCUT2D eigenvalue weighted by atomic mass is 16.5. The number of hydrogen-bond donors (Lipinski definition) is 1. The van der Waals surface area contributed by atoms with Crippen molar-refractivity contribution in [2.45, 2.75) is 5.60 Å². The number of methoxy groups -OCH3 is 3. The first-order chi connectivity index (χ1) is 13.2. The van der Waals surface area contributed by atoms with E-state index in [0.717, 1.165) is 17.1 Å². The molecule has 0 aliphatic carbocycles. The molecule has 5 nitrogen and oxygen atoms in total. The van der Waals surface area contributed by atoms with Gasteiger partial charge in [0.25, 0.3) is 0 Å². The molecule has 0 spiro atoms. The van der Waals surface area contributed by atoms with Crippen LogP contribution in [0.3, 0.4) is 0 Å². The summed E-state index contributed by atoms with van der Waals surface area (Å²) < 4.78 is 16.9. The number of ether oxygens (including phenoxy) is 3. The highest BCUT2D eigenvalue weighted by molar-refractivity contribution is 5.97. The minimum absolute atomic E-state index is 0.619. The first-order valence-corrected chi connectivity index (χ1v) is 8.71. The fourth-order valence-corrected chi connectivity index (χ4v) is 4.48. The molecule has 0 atom stereocenters. The molecule has 0 amide bonds. The van der Waals surface area contributed by atoms with E-state index in [2.05, 4.69) is 4.90 Å². The molecule has 0 aromatic heterocycles. The van der Waals surface area contributed by atoms with Gasteiger partial charge < -0.3 is 24.2 Å². The normalized spacial score (nSPS) is 14.9. The smallest absolute Gasteiger partial charge is 0.157 e. The molecule has 3 aliphatic heterocycles. The molecule has 136 valence electrons. The van der Waals surface area contributed by atoms with Crippen molar-refractivity contribution in [1.82, 2.24) is 0 Å². The Balaban J connectivity index is 2.00. The number of hydrogen-bond acceptors (Lipinski definition) is 5. The Hall–Kier alpha value is -3.18. The summed E-state index contributed by atoms with van der Waals surface area (Å²) in [5.74, 6) is 1.86. The molecule has 3 aromatic carbocycles. The van der Waals surface area contributed by atoms with E-state index in [0.29, 0.717) is 33.9 Å². The fourth-order valence-electron chi connectivity index (χ4n) is 4.48. The molecule has 3 heterocycles. The molecule has 6 rings (SSSR count). The fraction of sp³-hybridized carbons (Fsp3) is 0.182. The molecule has 1 N–H and O–H groups in total. The van der Waals surface area contributed by atoms with Crippen LogP contribution in [0.2, 0.25) is 0 Å². The van der Waals surface area contributed by atoms with Gasteiger partial charge in [0.1, 0.15) is 17.2 Å². The van der Waals surface area contributed by atoms with Gasteiger partial charge >= 0.3 is 0 Å². The lowest BCUT2D eigenvalue weighted by atomic mass is 9.70. The summed E-state index contributed by atoms with van der Waals surface area (Å²) in [6, 6.07) is 17.4. The van der Waals surface area contributed by atoms with Crippen LogP contribution in [0.1, 0.15) is 16.7 Å². The monoisotopic (exact) mass is 361 g/mol. The van der Waals surface area contributed by atoms with Crippen LogP contribution >= 0.6 is 0 Å². The summed E-state index contributed by atoms with van der Waals surface area (Å²) in [6.07, 6.45) is 0. The second-order valence-electron chi connectivity index (χ2n) is 6.61. The van der Waals surface area contributed by atoms with Crippen molar-refractivity contribution >= 4 is 17.1 Å². The van der Waals surface area contributed by atoms with Gasteiger partial charge in [0.2, 0.25) is 0 Å². The maximum Gasteiger partial charge on any atom is 0.157 e. The molecular weight excluding hydrogens is 342 g/mol. The number of rotatable bonds is 3. The van der Waals surface area contributed by atoms with Gasteiger partial charge in [-0.15, -0.1) is 0 Å². The van der Waals surface area contributed by atoms with Crippen molar-refractivity contribution in [2.75, 3.05) is 26.2 Å². The average Bonchev–Trinajstić information content (AvgIpc) is 2.72. The van der Waals surface area contributed by atoms with Gasteiger partial charge in [-0.1, -0.05) is 18.2 Å². The van der Waals surface area contributed by atoms with Gasteiger partial charge in [0.15, 0.2) is 5.60 Å². The van der Waals surface area contributed by atoms with Crippen LogP contribution in [-0.2, 0) is 5.60 Å². The Kier molecular flexibility index (Phi) is 3.21. The van der Waals surface area contributed by atoms with Crippen molar-refractivity contribution in [3.05, 3.63) is 71.3 Å². The number of benzene rings is 3. The summed E-state index contributed by atoms with van der Waals surface area (Å²) in [5, 5.41) is 12.3. The molecule has 0 radical (unpaired) electrons. The molecule has 27 heavy (non-hydrogen) atoms. The quantitative estimate of drug-likeness (QED) is 0.761. The summed E-state index contributed by atoms with van der Waals surface area (Å²) in [7, 11) is 4.84. The van der Waals surface area contributed by atoms with Crippen LogP contribution in [0.5, 0.6) is 17.2 Å². The molecule has 2 bridgehead atoms. The average molecular weight is 361 g/mol. The maximum absolute atomic E-state index is 12.3. The predicted molar refractivity (Wildman–Crippen MR) is 103 cm³/mol. The van der Waals surface area contributed by atoms with E-state index in [1.165, 1.54) is 0 Å². The van der Waals surface area contributed by atoms with E-state index in [4.69, 9.17) is 14.2 Å². The van der Waals surface area contributed by atoms with Crippen molar-refractivity contribution in [3.8, 4) is 17.2 Å². The van der Waals surface area contributed by atoms with Gasteiger partial charge in [-0.2, -0.15) is 0 Å². The van der Waals surface area contributed by atoms with Crippen LogP contribution in [0.4, 0.5) is 17.1 Å². The first kappa shape index (κ1) is 16.0. The van der Waals surface area contributed by atoms with Crippen LogP contribution in [0.25, 0.3) is 0 Å². The molecule has 0 saturated carbocycles. The van der Waals surface area contributed by atoms with E-state index in [1.54, 1.807) is 21.3 Å². The van der Waals surface area contributed by atoms with Crippen LogP contribution in [-0.4, -0.2) is 26.4 Å². The molecule has 0 saturated heterocycles. The molecule has 5 heteroatoms. The predicted octanol–water partition coefficient (Wildman–Crippen LogP) is 4.09. The number of nitrogens with zero attached hydrogens (tertiary/aromatic N) is 1. The molecule has 0 fully saturated rings. The van der Waals surface area contributed by atoms with Crippen molar-refractivity contribution in [2.24, 2.45) is 0 Å². The van der Waals surface area contributed by atoms with E-state index >= 15 is 0 Å². The van der Waals surface area contributed by atoms with Crippen LogP contribution < -0.4 is 19.1 Å². The Labute approximate surface area is 157 Å². The van der Waals surface area contributed by atoms with Crippen molar-refractivity contribution in [1.29, 1.82) is 0 Å². The first-order valence-electron chi connectivity index (χ1n) is 8.71. The van der Waals surface area contributed by atoms with Crippen molar-refractivity contribution in [3.63, 3.8) is 0 Å². The molecule has 3 aromatic rings.